The van der Waals surface area contributed by atoms with Gasteiger partial charge in [-0.25, -0.2) is 13.1 Å². The number of nitrogens with zero attached hydrogens (tertiary/aromatic N) is 2. The van der Waals surface area contributed by atoms with E-state index in [0.717, 1.165) is 31.4 Å². The smallest absolute Gasteiger partial charge is 0.264 e. The van der Waals surface area contributed by atoms with Crippen LogP contribution in [0, 0.1) is 5.92 Å². The highest BCUT2D eigenvalue weighted by atomic mass is 32.2. The topological polar surface area (TPSA) is 116 Å². The standard InChI is InChI=1S/C23H26N4O5S/c1-16(28)25-33(31,32)21-10-4-18(5-11-21)24-23(30)17-14-22(29)27(15-17)20-8-6-19(7-9-20)26-12-2-3-13-26/h4-11,17H,2-3,12-15H2,1H3,(H,24,30)(H,25,28). The molecule has 2 aromatic rings. The summed E-state index contributed by atoms with van der Waals surface area (Å²) in [4.78, 5) is 40.2. The van der Waals surface area contributed by atoms with E-state index in [0.29, 0.717) is 5.69 Å². The molecule has 3 amide bonds. The molecule has 2 N–H and O–H groups in total. The summed E-state index contributed by atoms with van der Waals surface area (Å²) in [5.74, 6) is -1.62. The lowest BCUT2D eigenvalue weighted by Gasteiger charge is -2.20. The van der Waals surface area contributed by atoms with Crippen LogP contribution in [0.3, 0.4) is 0 Å². The van der Waals surface area contributed by atoms with Crippen LogP contribution in [0.5, 0.6) is 0 Å². The highest BCUT2D eigenvalue weighted by molar-refractivity contribution is 7.90. The lowest BCUT2D eigenvalue weighted by molar-refractivity contribution is -0.122. The normalized spacial score (nSPS) is 18.5. The van der Waals surface area contributed by atoms with Crippen molar-refractivity contribution in [2.45, 2.75) is 31.1 Å². The Morgan fingerprint density at radius 1 is 0.939 bits per heavy atom. The summed E-state index contributed by atoms with van der Waals surface area (Å²) in [6, 6.07) is 13.3. The van der Waals surface area contributed by atoms with Gasteiger partial charge in [0.05, 0.1) is 10.8 Å². The second kappa shape index (κ2) is 9.22. The van der Waals surface area contributed by atoms with E-state index in [1.807, 2.05) is 29.0 Å². The van der Waals surface area contributed by atoms with Gasteiger partial charge in [0.1, 0.15) is 0 Å². The molecule has 2 fully saturated rings. The average molecular weight is 471 g/mol. The molecular weight excluding hydrogens is 444 g/mol. The van der Waals surface area contributed by atoms with Gasteiger partial charge in [0.2, 0.25) is 17.7 Å². The Morgan fingerprint density at radius 3 is 2.15 bits per heavy atom. The molecule has 2 aliphatic heterocycles. The molecule has 9 nitrogen and oxygen atoms in total. The lowest BCUT2D eigenvalue weighted by atomic mass is 10.1. The number of amides is 3. The van der Waals surface area contributed by atoms with Gasteiger partial charge in [-0.1, -0.05) is 0 Å². The van der Waals surface area contributed by atoms with E-state index >= 15 is 0 Å². The first kappa shape index (κ1) is 22.8. The molecule has 0 aromatic heterocycles. The van der Waals surface area contributed by atoms with Crippen LogP contribution in [-0.2, 0) is 24.4 Å². The highest BCUT2D eigenvalue weighted by Crippen LogP contribution is 2.29. The van der Waals surface area contributed by atoms with Crippen LogP contribution in [0.25, 0.3) is 0 Å². The zero-order valence-corrected chi connectivity index (χ0v) is 19.1. The predicted octanol–water partition coefficient (Wildman–Crippen LogP) is 2.10. The third kappa shape index (κ3) is 5.16. The van der Waals surface area contributed by atoms with Crippen LogP contribution in [0.15, 0.2) is 53.4 Å². The Bertz CT molecular complexity index is 1160. The Hall–Kier alpha value is -3.40. The SMILES string of the molecule is CC(=O)NS(=O)(=O)c1ccc(NC(=O)C2CC(=O)N(c3ccc(N4CCCC4)cc3)C2)cc1. The third-order valence-corrected chi connectivity index (χ3v) is 7.29. The molecule has 174 valence electrons. The summed E-state index contributed by atoms with van der Waals surface area (Å²) in [6.07, 6.45) is 2.49. The van der Waals surface area contributed by atoms with E-state index in [1.165, 1.54) is 37.1 Å². The van der Waals surface area contributed by atoms with Crippen molar-refractivity contribution in [3.05, 3.63) is 48.5 Å². The van der Waals surface area contributed by atoms with Crippen molar-refractivity contribution in [2.24, 2.45) is 5.92 Å². The Kier molecular flexibility index (Phi) is 6.37. The molecule has 2 saturated heterocycles. The van der Waals surface area contributed by atoms with Crippen molar-refractivity contribution in [1.29, 1.82) is 0 Å². The third-order valence-electron chi connectivity index (χ3n) is 5.84. The van der Waals surface area contributed by atoms with Gasteiger partial charge in [-0.2, -0.15) is 0 Å². The van der Waals surface area contributed by atoms with Crippen LogP contribution >= 0.6 is 0 Å². The molecule has 33 heavy (non-hydrogen) atoms. The molecule has 1 unspecified atom stereocenters. The van der Waals surface area contributed by atoms with Crippen molar-refractivity contribution >= 4 is 44.8 Å². The molecule has 1 atom stereocenters. The molecule has 0 saturated carbocycles. The van der Waals surface area contributed by atoms with Gasteiger partial charge < -0.3 is 15.1 Å². The van der Waals surface area contributed by atoms with Crippen LogP contribution < -0.4 is 19.8 Å². The molecule has 10 heteroatoms. The molecule has 0 aliphatic carbocycles. The van der Waals surface area contributed by atoms with E-state index in [4.69, 9.17) is 0 Å². The van der Waals surface area contributed by atoms with E-state index in [1.54, 1.807) is 4.90 Å². The quantitative estimate of drug-likeness (QED) is 0.668. The van der Waals surface area contributed by atoms with Gasteiger partial charge in [-0.05, 0) is 61.4 Å². The number of hydrogen-bond acceptors (Lipinski definition) is 6. The highest BCUT2D eigenvalue weighted by Gasteiger charge is 2.35. The summed E-state index contributed by atoms with van der Waals surface area (Å²) in [5, 5.41) is 2.74. The molecule has 0 bridgehead atoms. The van der Waals surface area contributed by atoms with Gasteiger partial charge in [0.25, 0.3) is 10.0 Å². The maximum atomic E-state index is 12.7. The largest absolute Gasteiger partial charge is 0.372 e. The zero-order valence-electron chi connectivity index (χ0n) is 18.3. The maximum absolute atomic E-state index is 12.7. The second-order valence-electron chi connectivity index (χ2n) is 8.29. The van der Waals surface area contributed by atoms with Crippen LogP contribution in [0.2, 0.25) is 0 Å². The van der Waals surface area contributed by atoms with E-state index in [2.05, 4.69) is 10.2 Å². The molecule has 0 spiro atoms. The monoisotopic (exact) mass is 470 g/mol. The van der Waals surface area contributed by atoms with E-state index in [9.17, 15) is 22.8 Å². The van der Waals surface area contributed by atoms with Gasteiger partial charge in [0, 0.05) is 50.0 Å². The first-order chi connectivity index (χ1) is 15.7. The fourth-order valence-electron chi connectivity index (χ4n) is 4.16. The number of carbonyl (C=O) groups excluding carboxylic acids is 3. The minimum atomic E-state index is -3.94. The Labute approximate surface area is 192 Å². The first-order valence-electron chi connectivity index (χ1n) is 10.8. The van der Waals surface area contributed by atoms with Gasteiger partial charge in [-0.3, -0.25) is 14.4 Å². The van der Waals surface area contributed by atoms with Crippen molar-refractivity contribution in [2.75, 3.05) is 34.8 Å². The maximum Gasteiger partial charge on any atom is 0.264 e. The van der Waals surface area contributed by atoms with Gasteiger partial charge >= 0.3 is 0 Å². The van der Waals surface area contributed by atoms with Crippen LogP contribution in [0.4, 0.5) is 17.1 Å². The number of anilines is 3. The predicted molar refractivity (Wildman–Crippen MR) is 124 cm³/mol. The molecule has 2 aliphatic rings. The van der Waals surface area contributed by atoms with E-state index < -0.39 is 21.8 Å². The average Bonchev–Trinajstić information content (AvgIpc) is 3.43. The summed E-state index contributed by atoms with van der Waals surface area (Å²) < 4.78 is 25.9. The number of carbonyl (C=O) groups is 3. The number of benzene rings is 2. The lowest BCUT2D eigenvalue weighted by Crippen LogP contribution is -2.28. The first-order valence-corrected chi connectivity index (χ1v) is 12.3. The van der Waals surface area contributed by atoms with Crippen molar-refractivity contribution in [3.8, 4) is 0 Å². The number of hydrogen-bond donors (Lipinski definition) is 2. The summed E-state index contributed by atoms with van der Waals surface area (Å²) in [5.41, 5.74) is 2.31. The van der Waals surface area contributed by atoms with Gasteiger partial charge in [-0.15, -0.1) is 0 Å². The summed E-state index contributed by atoms with van der Waals surface area (Å²) in [6.45, 7) is 3.48. The van der Waals surface area contributed by atoms with Gasteiger partial charge in [0.15, 0.2) is 0 Å². The number of nitrogens with one attached hydrogen (secondary N) is 2. The van der Waals surface area contributed by atoms with Crippen molar-refractivity contribution < 1.29 is 22.8 Å². The van der Waals surface area contributed by atoms with Crippen molar-refractivity contribution in [1.82, 2.24) is 4.72 Å². The molecule has 2 heterocycles. The molecule has 2 aromatic carbocycles. The molecular formula is C23H26N4O5S. The Morgan fingerprint density at radius 2 is 1.55 bits per heavy atom. The fraction of sp³-hybridized carbons (Fsp3) is 0.348. The zero-order chi connectivity index (χ0) is 23.6. The number of sulfonamides is 1. The molecule has 0 radical (unpaired) electrons. The minimum Gasteiger partial charge on any atom is -0.372 e. The summed E-state index contributed by atoms with van der Waals surface area (Å²) in [7, 11) is -3.94. The summed E-state index contributed by atoms with van der Waals surface area (Å²) >= 11 is 0. The molecule has 4 rings (SSSR count). The van der Waals surface area contributed by atoms with Crippen LogP contribution in [0.1, 0.15) is 26.2 Å². The second-order valence-corrected chi connectivity index (χ2v) is 9.97. The van der Waals surface area contributed by atoms with Crippen molar-refractivity contribution in [3.63, 3.8) is 0 Å². The Balaban J connectivity index is 1.38. The van der Waals surface area contributed by atoms with Crippen LogP contribution in [-0.4, -0.2) is 45.8 Å². The number of rotatable bonds is 6. The van der Waals surface area contributed by atoms with E-state index in [-0.39, 0.29) is 29.7 Å². The fourth-order valence-corrected chi connectivity index (χ4v) is 5.15. The minimum absolute atomic E-state index is 0.0877.